The lowest BCUT2D eigenvalue weighted by Gasteiger charge is -2.14. The second kappa shape index (κ2) is 11.4. The number of nitrogens with zero attached hydrogens (tertiary/aromatic N) is 2. The Bertz CT molecular complexity index is 1510. The van der Waals surface area contributed by atoms with E-state index in [0.29, 0.717) is 23.5 Å². The van der Waals surface area contributed by atoms with Crippen LogP contribution in [0.1, 0.15) is 28.4 Å². The van der Waals surface area contributed by atoms with E-state index >= 15 is 0 Å². The maximum atomic E-state index is 12.6. The van der Waals surface area contributed by atoms with Crippen molar-refractivity contribution in [3.8, 4) is 17.2 Å². The number of ether oxygens (including phenoxy) is 2. The van der Waals surface area contributed by atoms with Crippen molar-refractivity contribution in [1.29, 1.82) is 0 Å². The molecule has 0 aliphatic carbocycles. The summed E-state index contributed by atoms with van der Waals surface area (Å²) < 4.78 is 11.5. The minimum absolute atomic E-state index is 0.0390. The summed E-state index contributed by atoms with van der Waals surface area (Å²) in [7, 11) is 0. The lowest BCUT2D eigenvalue weighted by Crippen LogP contribution is -2.17. The van der Waals surface area contributed by atoms with Gasteiger partial charge in [0.05, 0.1) is 28.3 Å². The van der Waals surface area contributed by atoms with Crippen LogP contribution in [0.4, 0.5) is 5.69 Å². The number of nitrogens with one attached hydrogen (secondary N) is 1. The van der Waals surface area contributed by atoms with Crippen LogP contribution in [-0.2, 0) is 6.61 Å². The number of nitro groups is 1. The lowest BCUT2D eigenvalue weighted by molar-refractivity contribution is -0.384. The van der Waals surface area contributed by atoms with Gasteiger partial charge in [0.1, 0.15) is 12.4 Å². The van der Waals surface area contributed by atoms with Crippen LogP contribution in [0.3, 0.4) is 0 Å². The van der Waals surface area contributed by atoms with Crippen molar-refractivity contribution in [2.75, 3.05) is 6.61 Å². The average Bonchev–Trinajstić information content (AvgIpc) is 2.88. The molecule has 2 N–H and O–H groups in total. The molecule has 0 aliphatic heterocycles. The fourth-order valence-corrected chi connectivity index (χ4v) is 3.89. The van der Waals surface area contributed by atoms with Gasteiger partial charge in [0.15, 0.2) is 11.5 Å². The zero-order valence-corrected chi connectivity index (χ0v) is 20.4. The SMILES string of the molecule is CCOc1cc(C=NNC(=O)c2cc3ccccc3cc2O)cc(Cl)c1OCc1cccc([N+](=O)[O-])c1. The third kappa shape index (κ3) is 6.14. The van der Waals surface area contributed by atoms with E-state index in [1.165, 1.54) is 24.4 Å². The number of hydrogen-bond donors (Lipinski definition) is 2. The quantitative estimate of drug-likeness (QED) is 0.162. The lowest BCUT2D eigenvalue weighted by atomic mass is 10.1. The third-order valence-corrected chi connectivity index (χ3v) is 5.61. The average molecular weight is 520 g/mol. The van der Waals surface area contributed by atoms with Gasteiger partial charge < -0.3 is 14.6 Å². The van der Waals surface area contributed by atoms with Crippen LogP contribution in [0.15, 0.2) is 77.9 Å². The van der Waals surface area contributed by atoms with Crippen LogP contribution < -0.4 is 14.9 Å². The first-order valence-corrected chi connectivity index (χ1v) is 11.6. The van der Waals surface area contributed by atoms with Crippen molar-refractivity contribution in [3.05, 3.63) is 105 Å². The van der Waals surface area contributed by atoms with Crippen LogP contribution in [0.25, 0.3) is 10.8 Å². The van der Waals surface area contributed by atoms with E-state index in [1.54, 1.807) is 37.3 Å². The number of amides is 1. The zero-order chi connectivity index (χ0) is 26.4. The topological polar surface area (TPSA) is 123 Å². The van der Waals surface area contributed by atoms with E-state index in [4.69, 9.17) is 21.1 Å². The summed E-state index contributed by atoms with van der Waals surface area (Å²) in [6, 6.07) is 19.8. The van der Waals surface area contributed by atoms with Gasteiger partial charge in [-0.05, 0) is 53.1 Å². The molecule has 0 atom stereocenters. The van der Waals surface area contributed by atoms with E-state index in [-0.39, 0.29) is 34.4 Å². The molecule has 10 heteroatoms. The number of nitro benzene ring substituents is 1. The number of phenolic OH excluding ortho intramolecular Hbond substituents is 1. The Morgan fingerprint density at radius 3 is 2.57 bits per heavy atom. The van der Waals surface area contributed by atoms with Crippen LogP contribution >= 0.6 is 11.6 Å². The Morgan fingerprint density at radius 2 is 1.84 bits per heavy atom. The number of hydrogen-bond acceptors (Lipinski definition) is 7. The zero-order valence-electron chi connectivity index (χ0n) is 19.7. The second-order valence-corrected chi connectivity index (χ2v) is 8.30. The molecule has 4 rings (SSSR count). The second-order valence-electron chi connectivity index (χ2n) is 7.89. The highest BCUT2D eigenvalue weighted by molar-refractivity contribution is 6.32. The van der Waals surface area contributed by atoms with Gasteiger partial charge in [0.25, 0.3) is 11.6 Å². The monoisotopic (exact) mass is 519 g/mol. The van der Waals surface area contributed by atoms with Gasteiger partial charge in [-0.3, -0.25) is 14.9 Å². The van der Waals surface area contributed by atoms with E-state index in [1.807, 2.05) is 24.3 Å². The molecule has 0 heterocycles. The molecule has 37 heavy (non-hydrogen) atoms. The predicted molar refractivity (Wildman–Crippen MR) is 141 cm³/mol. The molecule has 0 aliphatic rings. The summed E-state index contributed by atoms with van der Waals surface area (Å²) >= 11 is 6.44. The number of benzene rings is 4. The molecule has 0 saturated carbocycles. The van der Waals surface area contributed by atoms with Crippen molar-refractivity contribution < 1.29 is 24.3 Å². The Hall–Kier alpha value is -4.63. The molecule has 0 radical (unpaired) electrons. The molecule has 0 bridgehead atoms. The van der Waals surface area contributed by atoms with Crippen molar-refractivity contribution >= 4 is 40.2 Å². The van der Waals surface area contributed by atoms with Crippen molar-refractivity contribution in [1.82, 2.24) is 5.43 Å². The molecule has 0 fully saturated rings. The normalized spacial score (nSPS) is 11.0. The number of hydrazone groups is 1. The van der Waals surface area contributed by atoms with Crippen LogP contribution in [0, 0.1) is 10.1 Å². The highest BCUT2D eigenvalue weighted by atomic mass is 35.5. The summed E-state index contributed by atoms with van der Waals surface area (Å²) in [6.45, 7) is 2.18. The largest absolute Gasteiger partial charge is 0.507 e. The van der Waals surface area contributed by atoms with Gasteiger partial charge in [-0.1, -0.05) is 48.0 Å². The van der Waals surface area contributed by atoms with Gasteiger partial charge >= 0.3 is 0 Å². The molecular weight excluding hydrogens is 498 g/mol. The number of fused-ring (bicyclic) bond motifs is 1. The van der Waals surface area contributed by atoms with E-state index in [2.05, 4.69) is 10.5 Å². The fourth-order valence-electron chi connectivity index (χ4n) is 3.62. The summed E-state index contributed by atoms with van der Waals surface area (Å²) in [4.78, 5) is 23.1. The van der Waals surface area contributed by atoms with Crippen molar-refractivity contribution in [2.24, 2.45) is 5.10 Å². The highest BCUT2D eigenvalue weighted by Gasteiger charge is 2.15. The van der Waals surface area contributed by atoms with Gasteiger partial charge in [0.2, 0.25) is 0 Å². The van der Waals surface area contributed by atoms with Gasteiger partial charge in [-0.25, -0.2) is 5.43 Å². The van der Waals surface area contributed by atoms with Crippen molar-refractivity contribution in [2.45, 2.75) is 13.5 Å². The van der Waals surface area contributed by atoms with Gasteiger partial charge in [-0.2, -0.15) is 5.10 Å². The minimum Gasteiger partial charge on any atom is -0.507 e. The van der Waals surface area contributed by atoms with Gasteiger partial charge in [-0.15, -0.1) is 0 Å². The number of halogens is 1. The molecule has 0 unspecified atom stereocenters. The van der Waals surface area contributed by atoms with Crippen LogP contribution in [0.2, 0.25) is 5.02 Å². The molecule has 0 saturated heterocycles. The molecule has 4 aromatic carbocycles. The molecule has 1 amide bonds. The number of carbonyl (C=O) groups is 1. The van der Waals surface area contributed by atoms with Gasteiger partial charge in [0, 0.05) is 12.1 Å². The minimum atomic E-state index is -0.576. The maximum absolute atomic E-state index is 12.6. The molecule has 0 aromatic heterocycles. The first kappa shape index (κ1) is 25.5. The Kier molecular flexibility index (Phi) is 7.85. The maximum Gasteiger partial charge on any atom is 0.275 e. The summed E-state index contributed by atoms with van der Waals surface area (Å²) in [5, 5.41) is 27.1. The Morgan fingerprint density at radius 1 is 1.08 bits per heavy atom. The predicted octanol–water partition coefficient (Wildman–Crippen LogP) is 5.85. The number of non-ortho nitro benzene ring substituents is 1. The Labute approximate surface area is 217 Å². The Balaban J connectivity index is 1.49. The van der Waals surface area contributed by atoms with E-state index in [9.17, 15) is 20.0 Å². The number of phenols is 1. The first-order valence-electron chi connectivity index (χ1n) is 11.2. The summed E-state index contributed by atoms with van der Waals surface area (Å²) in [6.07, 6.45) is 1.38. The molecule has 9 nitrogen and oxygen atoms in total. The smallest absolute Gasteiger partial charge is 0.275 e. The fraction of sp³-hybridized carbons (Fsp3) is 0.111. The van der Waals surface area contributed by atoms with E-state index < -0.39 is 10.8 Å². The van der Waals surface area contributed by atoms with Crippen LogP contribution in [0.5, 0.6) is 17.2 Å². The number of carbonyl (C=O) groups excluding carboxylic acids is 1. The van der Waals surface area contributed by atoms with E-state index in [0.717, 1.165) is 10.8 Å². The number of rotatable bonds is 9. The van der Waals surface area contributed by atoms with Crippen molar-refractivity contribution in [3.63, 3.8) is 0 Å². The summed E-state index contributed by atoms with van der Waals surface area (Å²) in [5.41, 5.74) is 3.57. The molecule has 188 valence electrons. The highest BCUT2D eigenvalue weighted by Crippen LogP contribution is 2.37. The molecule has 0 spiro atoms. The molecular formula is C27H22ClN3O6. The standard InChI is InChI=1S/C27H22ClN3O6/c1-2-36-25-12-18(11-23(28)26(25)37-16-17-6-5-9-21(10-17)31(34)35)15-29-30-27(33)22-13-19-7-3-4-8-20(19)14-24(22)32/h3-15,32H,2,16H2,1H3,(H,30,33). The third-order valence-electron chi connectivity index (χ3n) is 5.32. The van der Waals surface area contributed by atoms with Crippen LogP contribution in [-0.4, -0.2) is 28.8 Å². The first-order chi connectivity index (χ1) is 17.9. The summed E-state index contributed by atoms with van der Waals surface area (Å²) in [5.74, 6) is -0.108. The molecule has 4 aromatic rings. The number of aromatic hydroxyl groups is 1.